The molecule has 0 saturated carbocycles. The van der Waals surface area contributed by atoms with Gasteiger partial charge in [-0.05, 0) is 38.0 Å². The van der Waals surface area contributed by atoms with Crippen LogP contribution in [0, 0.1) is 6.92 Å². The van der Waals surface area contributed by atoms with E-state index in [1.165, 1.54) is 5.56 Å². The largest absolute Gasteiger partial charge is 0.327 e. The number of aryl methyl sites for hydroxylation is 2. The summed E-state index contributed by atoms with van der Waals surface area (Å²) in [6.07, 6.45) is 1.83. The standard InChI is InChI=1S/C15H20ClN3S/c1-4-12(17)9-14-10(2)18-19(3)15(14)20-13-7-5-6-11(16)8-13/h5-8,12H,4,9,17H2,1-3H3. The number of hydrogen-bond donors (Lipinski definition) is 1. The van der Waals surface area contributed by atoms with Gasteiger partial charge in [-0.2, -0.15) is 5.10 Å². The maximum Gasteiger partial charge on any atom is 0.102 e. The Bertz CT molecular complexity index is 595. The summed E-state index contributed by atoms with van der Waals surface area (Å²) in [6.45, 7) is 4.15. The van der Waals surface area contributed by atoms with E-state index in [-0.39, 0.29) is 6.04 Å². The zero-order valence-corrected chi connectivity index (χ0v) is 13.6. The Labute approximate surface area is 129 Å². The molecule has 2 aromatic rings. The second-order valence-corrected chi connectivity index (χ2v) is 6.42. The van der Waals surface area contributed by atoms with E-state index < -0.39 is 0 Å². The maximum atomic E-state index is 6.10. The molecule has 1 aromatic heterocycles. The summed E-state index contributed by atoms with van der Waals surface area (Å²) in [4.78, 5) is 1.12. The normalized spacial score (nSPS) is 12.7. The van der Waals surface area contributed by atoms with Crippen LogP contribution in [-0.4, -0.2) is 15.8 Å². The summed E-state index contributed by atoms with van der Waals surface area (Å²) in [7, 11) is 1.97. The van der Waals surface area contributed by atoms with Crippen LogP contribution in [0.4, 0.5) is 0 Å². The van der Waals surface area contributed by atoms with Crippen molar-refractivity contribution in [1.82, 2.24) is 9.78 Å². The van der Waals surface area contributed by atoms with Crippen molar-refractivity contribution in [3.8, 4) is 0 Å². The lowest BCUT2D eigenvalue weighted by Gasteiger charge is -2.11. The number of nitrogens with zero attached hydrogens (tertiary/aromatic N) is 2. The molecule has 0 aliphatic carbocycles. The van der Waals surface area contributed by atoms with Crippen LogP contribution in [0.2, 0.25) is 5.02 Å². The molecule has 0 spiro atoms. The van der Waals surface area contributed by atoms with Crippen molar-refractivity contribution in [1.29, 1.82) is 0 Å². The van der Waals surface area contributed by atoms with Gasteiger partial charge in [-0.15, -0.1) is 0 Å². The van der Waals surface area contributed by atoms with Gasteiger partial charge in [0.15, 0.2) is 0 Å². The Hall–Kier alpha value is -0.970. The minimum atomic E-state index is 0.177. The van der Waals surface area contributed by atoms with Crippen molar-refractivity contribution in [3.63, 3.8) is 0 Å². The van der Waals surface area contributed by atoms with E-state index in [0.29, 0.717) is 0 Å². The van der Waals surface area contributed by atoms with Crippen molar-refractivity contribution in [2.45, 2.75) is 42.7 Å². The number of nitrogens with two attached hydrogens (primary N) is 1. The lowest BCUT2D eigenvalue weighted by atomic mass is 10.1. The second kappa shape index (κ2) is 6.66. The third kappa shape index (κ3) is 3.57. The fourth-order valence-corrected chi connectivity index (χ4v) is 3.43. The fourth-order valence-electron chi connectivity index (χ4n) is 2.09. The highest BCUT2D eigenvalue weighted by molar-refractivity contribution is 7.99. The highest BCUT2D eigenvalue weighted by atomic mass is 35.5. The lowest BCUT2D eigenvalue weighted by Crippen LogP contribution is -2.21. The molecule has 2 rings (SSSR count). The summed E-state index contributed by atoms with van der Waals surface area (Å²) >= 11 is 7.74. The molecule has 5 heteroatoms. The summed E-state index contributed by atoms with van der Waals surface area (Å²) in [5, 5.41) is 6.42. The van der Waals surface area contributed by atoms with Crippen molar-refractivity contribution in [3.05, 3.63) is 40.5 Å². The quantitative estimate of drug-likeness (QED) is 0.913. The maximum absolute atomic E-state index is 6.10. The molecule has 3 nitrogen and oxygen atoms in total. The zero-order valence-electron chi connectivity index (χ0n) is 12.1. The number of hydrogen-bond acceptors (Lipinski definition) is 3. The summed E-state index contributed by atoms with van der Waals surface area (Å²) in [6, 6.07) is 8.05. The molecule has 2 N–H and O–H groups in total. The van der Waals surface area contributed by atoms with E-state index in [1.54, 1.807) is 11.8 Å². The summed E-state index contributed by atoms with van der Waals surface area (Å²) in [5.74, 6) is 0. The molecule has 1 heterocycles. The van der Waals surface area contributed by atoms with Gasteiger partial charge in [-0.25, -0.2) is 0 Å². The third-order valence-corrected chi connectivity index (χ3v) is 4.72. The Kier molecular flexibility index (Phi) is 5.13. The van der Waals surface area contributed by atoms with Crippen LogP contribution < -0.4 is 5.73 Å². The van der Waals surface area contributed by atoms with E-state index in [2.05, 4.69) is 18.1 Å². The van der Waals surface area contributed by atoms with Gasteiger partial charge in [0.05, 0.1) is 5.69 Å². The van der Waals surface area contributed by atoms with Gasteiger partial charge in [0.1, 0.15) is 5.03 Å². The van der Waals surface area contributed by atoms with E-state index in [4.69, 9.17) is 17.3 Å². The average Bonchev–Trinajstić information content (AvgIpc) is 2.65. The smallest absolute Gasteiger partial charge is 0.102 e. The van der Waals surface area contributed by atoms with Gasteiger partial charge in [-0.1, -0.05) is 36.4 Å². The van der Waals surface area contributed by atoms with Crippen LogP contribution in [0.3, 0.4) is 0 Å². The molecular weight excluding hydrogens is 290 g/mol. The van der Waals surface area contributed by atoms with Crippen molar-refractivity contribution >= 4 is 23.4 Å². The first-order valence-electron chi connectivity index (χ1n) is 6.72. The van der Waals surface area contributed by atoms with E-state index in [0.717, 1.165) is 33.5 Å². The highest BCUT2D eigenvalue weighted by Crippen LogP contribution is 2.33. The van der Waals surface area contributed by atoms with Gasteiger partial charge in [0.25, 0.3) is 0 Å². The van der Waals surface area contributed by atoms with Crippen LogP contribution >= 0.6 is 23.4 Å². The molecule has 0 saturated heterocycles. The van der Waals surface area contributed by atoms with Crippen LogP contribution in [0.5, 0.6) is 0 Å². The SMILES string of the molecule is CCC(N)Cc1c(C)nn(C)c1Sc1cccc(Cl)c1. The van der Waals surface area contributed by atoms with E-state index >= 15 is 0 Å². The van der Waals surface area contributed by atoms with E-state index in [1.807, 2.05) is 36.9 Å². The number of aromatic nitrogens is 2. The molecular formula is C15H20ClN3S. The molecule has 1 unspecified atom stereocenters. The molecule has 0 bridgehead atoms. The highest BCUT2D eigenvalue weighted by Gasteiger charge is 2.16. The van der Waals surface area contributed by atoms with Gasteiger partial charge in [0, 0.05) is 28.6 Å². The van der Waals surface area contributed by atoms with E-state index in [9.17, 15) is 0 Å². The zero-order chi connectivity index (χ0) is 14.7. The number of rotatable bonds is 5. The average molecular weight is 310 g/mol. The molecule has 0 fully saturated rings. The molecule has 108 valence electrons. The van der Waals surface area contributed by atoms with Crippen molar-refractivity contribution in [2.75, 3.05) is 0 Å². The van der Waals surface area contributed by atoms with Crippen LogP contribution in [-0.2, 0) is 13.5 Å². The summed E-state index contributed by atoms with van der Waals surface area (Å²) in [5.41, 5.74) is 8.40. The first-order chi connectivity index (χ1) is 9.51. The van der Waals surface area contributed by atoms with Gasteiger partial charge < -0.3 is 5.73 Å². The predicted molar refractivity (Wildman–Crippen MR) is 85.5 cm³/mol. The molecule has 20 heavy (non-hydrogen) atoms. The first kappa shape index (κ1) is 15.4. The number of halogens is 1. The van der Waals surface area contributed by atoms with Crippen molar-refractivity contribution < 1.29 is 0 Å². The Morgan fingerprint density at radius 1 is 1.45 bits per heavy atom. The fraction of sp³-hybridized carbons (Fsp3) is 0.400. The van der Waals surface area contributed by atoms with Crippen LogP contribution in [0.1, 0.15) is 24.6 Å². The molecule has 1 aromatic carbocycles. The minimum Gasteiger partial charge on any atom is -0.327 e. The molecule has 0 aliphatic heterocycles. The Balaban J connectivity index is 2.31. The minimum absolute atomic E-state index is 0.177. The number of benzene rings is 1. The van der Waals surface area contributed by atoms with Gasteiger partial charge in [0.2, 0.25) is 0 Å². The Morgan fingerprint density at radius 2 is 2.20 bits per heavy atom. The second-order valence-electron chi connectivity index (χ2n) is 4.92. The van der Waals surface area contributed by atoms with Crippen molar-refractivity contribution in [2.24, 2.45) is 12.8 Å². The van der Waals surface area contributed by atoms with Crippen LogP contribution in [0.15, 0.2) is 34.2 Å². The lowest BCUT2D eigenvalue weighted by molar-refractivity contribution is 0.631. The monoisotopic (exact) mass is 309 g/mol. The third-order valence-electron chi connectivity index (χ3n) is 3.29. The topological polar surface area (TPSA) is 43.8 Å². The van der Waals surface area contributed by atoms with Gasteiger partial charge in [-0.3, -0.25) is 4.68 Å². The van der Waals surface area contributed by atoms with Gasteiger partial charge >= 0.3 is 0 Å². The molecule has 1 atom stereocenters. The molecule has 0 aliphatic rings. The first-order valence-corrected chi connectivity index (χ1v) is 7.92. The Morgan fingerprint density at radius 3 is 2.85 bits per heavy atom. The molecule has 0 radical (unpaired) electrons. The molecule has 0 amide bonds. The summed E-state index contributed by atoms with van der Waals surface area (Å²) < 4.78 is 1.93. The van der Waals surface area contributed by atoms with Crippen LogP contribution in [0.25, 0.3) is 0 Å². The predicted octanol–water partition coefficient (Wildman–Crippen LogP) is 3.81.